The zero-order chi connectivity index (χ0) is 20.2. The van der Waals surface area contributed by atoms with Crippen LogP contribution in [0.1, 0.15) is 39.0 Å². The van der Waals surface area contributed by atoms with Crippen molar-refractivity contribution in [2.45, 2.75) is 45.1 Å². The molecule has 1 aliphatic rings. The number of pyridine rings is 1. The molecule has 2 aromatic carbocycles. The number of nitrogens with one attached hydrogen (secondary N) is 1. The number of anilines is 1. The first-order valence-electron chi connectivity index (χ1n) is 10.7. The van der Waals surface area contributed by atoms with E-state index in [1.807, 2.05) is 24.3 Å². The second kappa shape index (κ2) is 9.19. The first kappa shape index (κ1) is 20.2. The largest absolute Gasteiger partial charge is 0.497 e. The molecule has 154 valence electrons. The second-order valence-corrected chi connectivity index (χ2v) is 8.48. The number of ether oxygens (including phenoxy) is 1. The zero-order valence-electron chi connectivity index (χ0n) is 17.4. The monoisotopic (exact) mass is 411 g/mol. The molecule has 0 aliphatic carbocycles. The van der Waals surface area contributed by atoms with Crippen LogP contribution in [0.4, 0.5) is 5.69 Å². The molecule has 5 heteroatoms. The Bertz CT molecular complexity index is 985. The first-order chi connectivity index (χ1) is 14.2. The van der Waals surface area contributed by atoms with Crippen LogP contribution in [0.3, 0.4) is 0 Å². The van der Waals surface area contributed by atoms with Gasteiger partial charge in [-0.05, 0) is 82.1 Å². The topological polar surface area (TPSA) is 37.4 Å². The minimum atomic E-state index is 0.655. The van der Waals surface area contributed by atoms with Gasteiger partial charge in [-0.15, -0.1) is 0 Å². The third-order valence-corrected chi connectivity index (χ3v) is 6.29. The van der Waals surface area contributed by atoms with Crippen LogP contribution in [0.5, 0.6) is 5.75 Å². The summed E-state index contributed by atoms with van der Waals surface area (Å²) in [7, 11) is 1.70. The maximum absolute atomic E-state index is 6.22. The summed E-state index contributed by atoms with van der Waals surface area (Å²) >= 11 is 6.22. The number of fused-ring (bicyclic) bond motifs is 2. The molecule has 1 aromatic heterocycles. The van der Waals surface area contributed by atoms with Crippen LogP contribution in [-0.4, -0.2) is 42.7 Å². The minimum absolute atomic E-state index is 0.655. The van der Waals surface area contributed by atoms with Crippen molar-refractivity contribution in [1.29, 1.82) is 0 Å². The molecule has 0 amide bonds. The maximum Gasteiger partial charge on any atom is 0.119 e. The lowest BCUT2D eigenvalue weighted by molar-refractivity contribution is 0.165. The summed E-state index contributed by atoms with van der Waals surface area (Å²) in [5.41, 5.74) is 2.98. The highest BCUT2D eigenvalue weighted by Crippen LogP contribution is 2.34. The van der Waals surface area contributed by atoms with Gasteiger partial charge in [0, 0.05) is 28.4 Å². The molecular formula is C24H30ClN3O. The number of methoxy groups -OCH3 is 1. The number of halogens is 1. The summed E-state index contributed by atoms with van der Waals surface area (Å²) in [5.74, 6) is 0.842. The lowest BCUT2D eigenvalue weighted by atomic mass is 10.1. The van der Waals surface area contributed by atoms with Crippen LogP contribution in [0.15, 0.2) is 36.4 Å². The van der Waals surface area contributed by atoms with E-state index < -0.39 is 0 Å². The van der Waals surface area contributed by atoms with Crippen molar-refractivity contribution in [3.63, 3.8) is 0 Å². The molecule has 1 unspecified atom stereocenters. The molecule has 0 saturated carbocycles. The van der Waals surface area contributed by atoms with Gasteiger partial charge in [-0.3, -0.25) is 0 Å². The molecule has 1 aliphatic heterocycles. The van der Waals surface area contributed by atoms with Crippen LogP contribution in [0.2, 0.25) is 5.02 Å². The third-order valence-electron chi connectivity index (χ3n) is 6.06. The van der Waals surface area contributed by atoms with E-state index in [0.717, 1.165) is 46.2 Å². The van der Waals surface area contributed by atoms with Gasteiger partial charge < -0.3 is 15.0 Å². The summed E-state index contributed by atoms with van der Waals surface area (Å²) in [4.78, 5) is 7.45. The number of aromatic nitrogens is 1. The van der Waals surface area contributed by atoms with Gasteiger partial charge in [0.05, 0.1) is 23.8 Å². The van der Waals surface area contributed by atoms with Crippen LogP contribution in [0.25, 0.3) is 21.8 Å². The minimum Gasteiger partial charge on any atom is -0.497 e. The van der Waals surface area contributed by atoms with Crippen molar-refractivity contribution < 1.29 is 4.74 Å². The summed E-state index contributed by atoms with van der Waals surface area (Å²) in [6.45, 7) is 5.82. The first-order valence-corrected chi connectivity index (χ1v) is 11.1. The van der Waals surface area contributed by atoms with Gasteiger partial charge in [-0.2, -0.15) is 0 Å². The Morgan fingerprint density at radius 3 is 2.69 bits per heavy atom. The molecule has 1 atom stereocenters. The molecule has 3 aromatic rings. The van der Waals surface area contributed by atoms with E-state index in [1.165, 1.54) is 38.8 Å². The smallest absolute Gasteiger partial charge is 0.119 e. The Balaban J connectivity index is 1.54. The van der Waals surface area contributed by atoms with E-state index in [9.17, 15) is 0 Å². The summed E-state index contributed by atoms with van der Waals surface area (Å²) in [6, 6.07) is 12.6. The molecule has 1 fully saturated rings. The lowest BCUT2D eigenvalue weighted by Gasteiger charge is -2.32. The average Bonchev–Trinajstić information content (AvgIpc) is 2.76. The summed E-state index contributed by atoms with van der Waals surface area (Å²) in [6.07, 6.45) is 6.44. The zero-order valence-corrected chi connectivity index (χ0v) is 18.1. The van der Waals surface area contributed by atoms with E-state index >= 15 is 0 Å². The number of nitrogens with zero attached hydrogens (tertiary/aromatic N) is 2. The van der Waals surface area contributed by atoms with Gasteiger partial charge in [-0.25, -0.2) is 4.98 Å². The number of hydrogen-bond donors (Lipinski definition) is 1. The van der Waals surface area contributed by atoms with Crippen molar-refractivity contribution >= 4 is 39.1 Å². The Morgan fingerprint density at radius 1 is 1.07 bits per heavy atom. The van der Waals surface area contributed by atoms with Crippen molar-refractivity contribution in [2.75, 3.05) is 32.1 Å². The average molecular weight is 412 g/mol. The van der Waals surface area contributed by atoms with Gasteiger partial charge in [0.1, 0.15) is 5.75 Å². The molecule has 1 saturated heterocycles. The SMILES string of the molecule is COc1ccc2nc3cc(Cl)ccc3c(NCCCC(C)N3CCCCC3)c2c1. The Kier molecular flexibility index (Phi) is 6.41. The predicted molar refractivity (Wildman–Crippen MR) is 123 cm³/mol. The van der Waals surface area contributed by atoms with Gasteiger partial charge in [-0.1, -0.05) is 18.0 Å². The molecule has 0 spiro atoms. The molecular weight excluding hydrogens is 382 g/mol. The van der Waals surface area contributed by atoms with Gasteiger partial charge in [0.15, 0.2) is 0 Å². The third kappa shape index (κ3) is 4.59. The number of likely N-dealkylation sites (tertiary alicyclic amines) is 1. The van der Waals surface area contributed by atoms with Crippen molar-refractivity contribution in [3.8, 4) is 5.75 Å². The summed E-state index contributed by atoms with van der Waals surface area (Å²) in [5, 5.41) is 6.59. The Labute approximate surface area is 178 Å². The Morgan fingerprint density at radius 2 is 1.90 bits per heavy atom. The quantitative estimate of drug-likeness (QED) is 0.375. The van der Waals surface area contributed by atoms with Gasteiger partial charge in [0.2, 0.25) is 0 Å². The van der Waals surface area contributed by atoms with Gasteiger partial charge >= 0.3 is 0 Å². The van der Waals surface area contributed by atoms with Crippen LogP contribution in [-0.2, 0) is 0 Å². The van der Waals surface area contributed by atoms with E-state index in [0.29, 0.717) is 11.1 Å². The molecule has 1 N–H and O–H groups in total. The lowest BCUT2D eigenvalue weighted by Crippen LogP contribution is -2.37. The molecule has 0 bridgehead atoms. The fourth-order valence-electron chi connectivity index (χ4n) is 4.37. The van der Waals surface area contributed by atoms with Crippen LogP contribution < -0.4 is 10.1 Å². The molecule has 4 rings (SSSR count). The highest BCUT2D eigenvalue weighted by molar-refractivity contribution is 6.31. The molecule has 0 radical (unpaired) electrons. The number of benzene rings is 2. The van der Waals surface area contributed by atoms with Gasteiger partial charge in [0.25, 0.3) is 0 Å². The number of rotatable bonds is 7. The normalized spacial score (nSPS) is 16.2. The fraction of sp³-hybridized carbons (Fsp3) is 0.458. The summed E-state index contributed by atoms with van der Waals surface area (Å²) < 4.78 is 5.45. The fourth-order valence-corrected chi connectivity index (χ4v) is 4.53. The maximum atomic E-state index is 6.22. The Hall–Kier alpha value is -2.04. The number of hydrogen-bond acceptors (Lipinski definition) is 4. The predicted octanol–water partition coefficient (Wildman–Crippen LogP) is 6.12. The van der Waals surface area contributed by atoms with Crippen LogP contribution in [0, 0.1) is 0 Å². The van der Waals surface area contributed by atoms with E-state index in [-0.39, 0.29) is 0 Å². The molecule has 4 nitrogen and oxygen atoms in total. The molecule has 29 heavy (non-hydrogen) atoms. The van der Waals surface area contributed by atoms with E-state index in [2.05, 4.69) is 29.3 Å². The van der Waals surface area contributed by atoms with E-state index in [4.69, 9.17) is 21.3 Å². The highest BCUT2D eigenvalue weighted by atomic mass is 35.5. The highest BCUT2D eigenvalue weighted by Gasteiger charge is 2.16. The number of piperidine rings is 1. The second-order valence-electron chi connectivity index (χ2n) is 8.05. The van der Waals surface area contributed by atoms with Crippen LogP contribution >= 0.6 is 11.6 Å². The molecule has 2 heterocycles. The van der Waals surface area contributed by atoms with Crippen molar-refractivity contribution in [1.82, 2.24) is 9.88 Å². The van der Waals surface area contributed by atoms with Crippen molar-refractivity contribution in [2.24, 2.45) is 0 Å². The standard InChI is InChI=1S/C24H30ClN3O/c1-17(28-13-4-3-5-14-28)7-6-12-26-24-20-10-8-18(25)15-23(20)27-22-11-9-19(29-2)16-21(22)24/h8-11,15-17H,3-7,12-14H2,1-2H3,(H,26,27). The van der Waals surface area contributed by atoms with Crippen molar-refractivity contribution in [3.05, 3.63) is 41.4 Å². The van der Waals surface area contributed by atoms with E-state index in [1.54, 1.807) is 7.11 Å².